The van der Waals surface area contributed by atoms with E-state index in [4.69, 9.17) is 14.2 Å². The van der Waals surface area contributed by atoms with Crippen LogP contribution in [0, 0.1) is 0 Å². The van der Waals surface area contributed by atoms with Crippen LogP contribution in [0.4, 0.5) is 0 Å². The van der Waals surface area contributed by atoms with Crippen LogP contribution in [0.3, 0.4) is 0 Å². The van der Waals surface area contributed by atoms with Crippen LogP contribution in [0.25, 0.3) is 0 Å². The van der Waals surface area contributed by atoms with Crippen molar-refractivity contribution in [3.05, 3.63) is 29.8 Å². The third-order valence-corrected chi connectivity index (χ3v) is 4.58. The van der Waals surface area contributed by atoms with Crippen LogP contribution in [0.2, 0.25) is 0 Å². The summed E-state index contributed by atoms with van der Waals surface area (Å²) in [6, 6.07) is 8.87. The van der Waals surface area contributed by atoms with E-state index in [1.807, 2.05) is 12.1 Å². The van der Waals surface area contributed by atoms with Gasteiger partial charge in [0.25, 0.3) is 0 Å². The predicted molar refractivity (Wildman–Crippen MR) is 81.6 cm³/mol. The number of methoxy groups -OCH3 is 1. The van der Waals surface area contributed by atoms with Crippen molar-refractivity contribution in [2.45, 2.75) is 44.6 Å². The van der Waals surface area contributed by atoms with E-state index in [0.717, 1.165) is 38.5 Å². The Labute approximate surface area is 127 Å². The van der Waals surface area contributed by atoms with Crippen molar-refractivity contribution in [3.63, 3.8) is 0 Å². The lowest BCUT2D eigenvalue weighted by Gasteiger charge is -2.39. The van der Waals surface area contributed by atoms with Gasteiger partial charge in [-0.15, -0.1) is 0 Å². The monoisotopic (exact) mass is 291 g/mol. The summed E-state index contributed by atoms with van der Waals surface area (Å²) >= 11 is 0. The molecule has 0 spiro atoms. The fraction of sp³-hybridized carbons (Fsp3) is 0.647. The molecule has 3 atom stereocenters. The molecular weight excluding hydrogens is 266 g/mol. The van der Waals surface area contributed by atoms with Gasteiger partial charge < -0.3 is 14.2 Å². The maximum Gasteiger partial charge on any atom is 0.118 e. The van der Waals surface area contributed by atoms with Crippen LogP contribution in [0.1, 0.15) is 25.3 Å². The molecule has 1 heterocycles. The van der Waals surface area contributed by atoms with E-state index >= 15 is 0 Å². The molecule has 1 aliphatic heterocycles. The van der Waals surface area contributed by atoms with Gasteiger partial charge in [0, 0.05) is 25.7 Å². The lowest BCUT2D eigenvalue weighted by atomic mass is 10.1. The van der Waals surface area contributed by atoms with Crippen molar-refractivity contribution in [2.75, 3.05) is 26.9 Å². The second-order valence-corrected chi connectivity index (χ2v) is 5.79. The van der Waals surface area contributed by atoms with Crippen LogP contribution in [0.5, 0.6) is 5.75 Å². The average molecular weight is 291 g/mol. The van der Waals surface area contributed by atoms with E-state index < -0.39 is 0 Å². The highest BCUT2D eigenvalue weighted by molar-refractivity contribution is 5.27. The molecule has 0 N–H and O–H groups in total. The SMILES string of the molecule is CCO[C@H]1CC[C@H]2[C@H]1OCCN2Cc1ccc(OC)cc1. The van der Waals surface area contributed by atoms with Crippen molar-refractivity contribution in [1.82, 2.24) is 4.90 Å². The first-order valence-electron chi connectivity index (χ1n) is 7.92. The molecule has 0 amide bonds. The molecule has 1 saturated carbocycles. The summed E-state index contributed by atoms with van der Waals surface area (Å²) < 4.78 is 17.0. The Kier molecular flexibility index (Phi) is 4.78. The lowest BCUT2D eigenvalue weighted by Crippen LogP contribution is -2.51. The van der Waals surface area contributed by atoms with Crippen LogP contribution in [-0.2, 0) is 16.0 Å². The highest BCUT2D eigenvalue weighted by Gasteiger charge is 2.42. The summed E-state index contributed by atoms with van der Waals surface area (Å²) in [6.07, 6.45) is 2.81. The fourth-order valence-corrected chi connectivity index (χ4v) is 3.55. The van der Waals surface area contributed by atoms with Gasteiger partial charge in [0.05, 0.1) is 25.9 Å². The topological polar surface area (TPSA) is 30.9 Å². The number of ether oxygens (including phenoxy) is 3. The molecule has 0 bridgehead atoms. The molecule has 2 fully saturated rings. The zero-order valence-corrected chi connectivity index (χ0v) is 13.0. The maximum atomic E-state index is 5.98. The fourth-order valence-electron chi connectivity index (χ4n) is 3.55. The van der Waals surface area contributed by atoms with Gasteiger partial charge in [0.2, 0.25) is 0 Å². The molecular formula is C17H25NO3. The molecule has 0 radical (unpaired) electrons. The predicted octanol–water partition coefficient (Wildman–Crippen LogP) is 2.46. The molecule has 0 aromatic heterocycles. The van der Waals surface area contributed by atoms with E-state index in [2.05, 4.69) is 24.0 Å². The molecule has 1 aromatic carbocycles. The summed E-state index contributed by atoms with van der Waals surface area (Å²) in [5, 5.41) is 0. The minimum absolute atomic E-state index is 0.247. The van der Waals surface area contributed by atoms with E-state index in [-0.39, 0.29) is 12.2 Å². The zero-order valence-electron chi connectivity index (χ0n) is 13.0. The molecule has 21 heavy (non-hydrogen) atoms. The summed E-state index contributed by atoms with van der Waals surface area (Å²) in [7, 11) is 1.70. The van der Waals surface area contributed by atoms with E-state index in [0.29, 0.717) is 6.04 Å². The van der Waals surface area contributed by atoms with E-state index in [1.54, 1.807) is 7.11 Å². The summed E-state index contributed by atoms with van der Waals surface area (Å²) in [5.74, 6) is 0.913. The smallest absolute Gasteiger partial charge is 0.118 e. The molecule has 2 aliphatic rings. The first kappa shape index (κ1) is 14.8. The molecule has 4 heteroatoms. The maximum absolute atomic E-state index is 5.98. The van der Waals surface area contributed by atoms with Gasteiger partial charge in [-0.2, -0.15) is 0 Å². The Morgan fingerprint density at radius 2 is 2.05 bits per heavy atom. The number of benzene rings is 1. The highest BCUT2D eigenvalue weighted by atomic mass is 16.5. The quantitative estimate of drug-likeness (QED) is 0.834. The minimum Gasteiger partial charge on any atom is -0.497 e. The van der Waals surface area contributed by atoms with Crippen molar-refractivity contribution in [2.24, 2.45) is 0 Å². The number of hydrogen-bond donors (Lipinski definition) is 0. The van der Waals surface area contributed by atoms with Crippen molar-refractivity contribution >= 4 is 0 Å². The Bertz CT molecular complexity index is 448. The van der Waals surface area contributed by atoms with Gasteiger partial charge in [0.1, 0.15) is 5.75 Å². The van der Waals surface area contributed by atoms with Gasteiger partial charge in [-0.1, -0.05) is 12.1 Å². The Hall–Kier alpha value is -1.10. The Morgan fingerprint density at radius 1 is 1.24 bits per heavy atom. The largest absolute Gasteiger partial charge is 0.497 e. The molecule has 4 nitrogen and oxygen atoms in total. The number of rotatable bonds is 5. The molecule has 1 aliphatic carbocycles. The third-order valence-electron chi connectivity index (χ3n) is 4.58. The number of hydrogen-bond acceptors (Lipinski definition) is 4. The number of nitrogens with zero attached hydrogens (tertiary/aromatic N) is 1. The van der Waals surface area contributed by atoms with E-state index in [1.165, 1.54) is 12.0 Å². The molecule has 1 saturated heterocycles. The van der Waals surface area contributed by atoms with Gasteiger partial charge in [-0.05, 0) is 37.5 Å². The van der Waals surface area contributed by atoms with Gasteiger partial charge in [-0.3, -0.25) is 4.90 Å². The number of morpholine rings is 1. The van der Waals surface area contributed by atoms with Crippen molar-refractivity contribution in [1.29, 1.82) is 0 Å². The molecule has 1 aromatic rings. The van der Waals surface area contributed by atoms with Crippen molar-refractivity contribution < 1.29 is 14.2 Å². The Balaban J connectivity index is 1.65. The first-order valence-corrected chi connectivity index (χ1v) is 7.92. The van der Waals surface area contributed by atoms with Gasteiger partial charge in [0.15, 0.2) is 0 Å². The summed E-state index contributed by atoms with van der Waals surface area (Å²) in [6.45, 7) is 5.63. The molecule has 0 unspecified atom stereocenters. The van der Waals surface area contributed by atoms with Crippen LogP contribution < -0.4 is 4.74 Å². The minimum atomic E-state index is 0.247. The summed E-state index contributed by atoms with van der Waals surface area (Å²) in [4.78, 5) is 2.55. The second kappa shape index (κ2) is 6.77. The van der Waals surface area contributed by atoms with Crippen LogP contribution in [0.15, 0.2) is 24.3 Å². The van der Waals surface area contributed by atoms with Crippen molar-refractivity contribution in [3.8, 4) is 5.75 Å². The molecule has 3 rings (SSSR count). The zero-order chi connectivity index (χ0) is 14.7. The third kappa shape index (κ3) is 3.23. The standard InChI is InChI=1S/C17H25NO3/c1-3-20-16-9-8-15-17(16)21-11-10-18(15)12-13-4-6-14(19-2)7-5-13/h4-7,15-17H,3,8-12H2,1-2H3/t15-,16-,17+/m0/s1. The van der Waals surface area contributed by atoms with Crippen LogP contribution in [-0.4, -0.2) is 50.0 Å². The van der Waals surface area contributed by atoms with Gasteiger partial charge in [-0.25, -0.2) is 0 Å². The second-order valence-electron chi connectivity index (χ2n) is 5.79. The highest BCUT2D eigenvalue weighted by Crippen LogP contribution is 2.33. The molecule has 116 valence electrons. The van der Waals surface area contributed by atoms with Gasteiger partial charge >= 0.3 is 0 Å². The normalized spacial score (nSPS) is 29.3. The van der Waals surface area contributed by atoms with Crippen LogP contribution >= 0.6 is 0 Å². The first-order chi connectivity index (χ1) is 10.3. The Morgan fingerprint density at radius 3 is 2.76 bits per heavy atom. The lowest BCUT2D eigenvalue weighted by molar-refractivity contribution is -0.113. The average Bonchev–Trinajstić information content (AvgIpc) is 2.93. The number of fused-ring (bicyclic) bond motifs is 1. The van der Waals surface area contributed by atoms with E-state index in [9.17, 15) is 0 Å². The summed E-state index contributed by atoms with van der Waals surface area (Å²) in [5.41, 5.74) is 1.33.